The zero-order chi connectivity index (χ0) is 13.0. The average Bonchev–Trinajstić information content (AvgIpc) is 2.40. The van der Waals surface area contributed by atoms with Gasteiger partial charge in [-0.15, -0.1) is 0 Å². The lowest BCUT2D eigenvalue weighted by Crippen LogP contribution is -1.97. The average molecular weight is 238 g/mol. The molecule has 0 aromatic heterocycles. The van der Waals surface area contributed by atoms with Crippen LogP contribution in [-0.2, 0) is 0 Å². The van der Waals surface area contributed by atoms with E-state index in [2.05, 4.69) is 63.3 Å². The maximum Gasteiger partial charge on any atom is -0.0224 e. The number of allylic oxidation sites excluding steroid dienone is 6. The first-order valence-corrected chi connectivity index (χ1v) is 6.87. The van der Waals surface area contributed by atoms with E-state index < -0.39 is 0 Å². The van der Waals surface area contributed by atoms with Crippen molar-refractivity contribution >= 4 is 5.57 Å². The fourth-order valence-corrected chi connectivity index (χ4v) is 2.51. The Morgan fingerprint density at radius 1 is 1.11 bits per heavy atom. The van der Waals surface area contributed by atoms with Gasteiger partial charge >= 0.3 is 0 Å². The van der Waals surface area contributed by atoms with Crippen LogP contribution in [0.3, 0.4) is 0 Å². The second kappa shape index (κ2) is 5.86. The zero-order valence-electron chi connectivity index (χ0n) is 11.7. The summed E-state index contributed by atoms with van der Waals surface area (Å²) in [6.07, 6.45) is 10.3. The summed E-state index contributed by atoms with van der Waals surface area (Å²) in [6.45, 7) is 6.48. The van der Waals surface area contributed by atoms with Crippen molar-refractivity contribution in [1.29, 1.82) is 0 Å². The van der Waals surface area contributed by atoms with Gasteiger partial charge in [-0.05, 0) is 49.8 Å². The Kier molecular flexibility index (Phi) is 4.19. The number of hydrogen-bond acceptors (Lipinski definition) is 0. The first-order valence-electron chi connectivity index (χ1n) is 6.87. The second-order valence-electron chi connectivity index (χ2n) is 4.95. The van der Waals surface area contributed by atoms with Crippen molar-refractivity contribution in [3.8, 4) is 0 Å². The van der Waals surface area contributed by atoms with E-state index in [1.807, 2.05) is 0 Å². The van der Waals surface area contributed by atoms with Crippen molar-refractivity contribution in [2.75, 3.05) is 0 Å². The molecule has 0 bridgehead atoms. The zero-order valence-corrected chi connectivity index (χ0v) is 11.7. The van der Waals surface area contributed by atoms with Crippen LogP contribution in [0.1, 0.15) is 44.2 Å². The Morgan fingerprint density at radius 3 is 2.44 bits per heavy atom. The van der Waals surface area contributed by atoms with Gasteiger partial charge in [0.1, 0.15) is 0 Å². The molecule has 0 spiro atoms. The fourth-order valence-electron chi connectivity index (χ4n) is 2.51. The Balaban J connectivity index is 2.35. The highest BCUT2D eigenvalue weighted by atomic mass is 14.2. The number of aryl methyl sites for hydroxylation is 1. The Morgan fingerprint density at radius 2 is 1.83 bits per heavy atom. The summed E-state index contributed by atoms with van der Waals surface area (Å²) in [4.78, 5) is 0. The van der Waals surface area contributed by atoms with Gasteiger partial charge in [0.25, 0.3) is 0 Å². The SMILES string of the molecule is C/C=C\C1=C(CC)CCC(c2ccc(C)cc2)=C1. The first-order chi connectivity index (χ1) is 8.74. The summed E-state index contributed by atoms with van der Waals surface area (Å²) < 4.78 is 0. The first kappa shape index (κ1) is 12.9. The third-order valence-electron chi connectivity index (χ3n) is 3.63. The van der Waals surface area contributed by atoms with Crippen LogP contribution in [0.25, 0.3) is 5.57 Å². The Labute approximate surface area is 111 Å². The molecule has 0 saturated carbocycles. The van der Waals surface area contributed by atoms with Crippen LogP contribution in [0.15, 0.2) is 53.6 Å². The molecule has 18 heavy (non-hydrogen) atoms. The van der Waals surface area contributed by atoms with Crippen LogP contribution in [-0.4, -0.2) is 0 Å². The molecule has 0 atom stereocenters. The highest BCUT2D eigenvalue weighted by Crippen LogP contribution is 2.32. The summed E-state index contributed by atoms with van der Waals surface area (Å²) in [7, 11) is 0. The van der Waals surface area contributed by atoms with Gasteiger partial charge in [-0.1, -0.05) is 60.6 Å². The van der Waals surface area contributed by atoms with Crippen LogP contribution in [0.4, 0.5) is 0 Å². The van der Waals surface area contributed by atoms with Gasteiger partial charge in [-0.2, -0.15) is 0 Å². The second-order valence-corrected chi connectivity index (χ2v) is 4.95. The minimum Gasteiger partial charge on any atom is -0.0871 e. The van der Waals surface area contributed by atoms with Crippen LogP contribution < -0.4 is 0 Å². The van der Waals surface area contributed by atoms with Crippen molar-refractivity contribution in [1.82, 2.24) is 0 Å². The van der Waals surface area contributed by atoms with E-state index in [4.69, 9.17) is 0 Å². The lowest BCUT2D eigenvalue weighted by molar-refractivity contribution is 0.894. The van der Waals surface area contributed by atoms with Gasteiger partial charge < -0.3 is 0 Å². The summed E-state index contributed by atoms with van der Waals surface area (Å²) in [5.74, 6) is 0. The molecule has 2 rings (SSSR count). The molecule has 1 aliphatic carbocycles. The molecular formula is C18H22. The quantitative estimate of drug-likeness (QED) is 0.656. The molecule has 0 unspecified atom stereocenters. The summed E-state index contributed by atoms with van der Waals surface area (Å²) in [5.41, 5.74) is 7.18. The summed E-state index contributed by atoms with van der Waals surface area (Å²) in [5, 5.41) is 0. The molecule has 0 nitrogen and oxygen atoms in total. The van der Waals surface area contributed by atoms with E-state index in [1.165, 1.54) is 35.1 Å². The number of hydrogen-bond donors (Lipinski definition) is 0. The van der Waals surface area contributed by atoms with Crippen molar-refractivity contribution in [3.05, 3.63) is 64.8 Å². The van der Waals surface area contributed by atoms with Crippen molar-refractivity contribution in [3.63, 3.8) is 0 Å². The van der Waals surface area contributed by atoms with Crippen LogP contribution in [0.2, 0.25) is 0 Å². The van der Waals surface area contributed by atoms with Gasteiger partial charge in [0, 0.05) is 0 Å². The molecule has 0 saturated heterocycles. The molecule has 0 heterocycles. The van der Waals surface area contributed by atoms with Crippen molar-refractivity contribution < 1.29 is 0 Å². The molecule has 0 radical (unpaired) electrons. The Bertz CT molecular complexity index is 495. The van der Waals surface area contributed by atoms with Gasteiger partial charge in [-0.3, -0.25) is 0 Å². The van der Waals surface area contributed by atoms with Gasteiger partial charge in [0.05, 0.1) is 0 Å². The molecule has 0 N–H and O–H groups in total. The van der Waals surface area contributed by atoms with Crippen molar-refractivity contribution in [2.24, 2.45) is 0 Å². The largest absolute Gasteiger partial charge is 0.0871 e. The number of benzene rings is 1. The highest BCUT2D eigenvalue weighted by molar-refractivity contribution is 5.71. The van der Waals surface area contributed by atoms with E-state index in [0.29, 0.717) is 0 Å². The lowest BCUT2D eigenvalue weighted by atomic mass is 9.87. The standard InChI is InChI=1S/C18H22/c1-4-6-17-13-18(12-11-15(17)5-2)16-9-7-14(3)8-10-16/h4,6-10,13H,5,11-12H2,1-3H3/b6-4-. The third-order valence-corrected chi connectivity index (χ3v) is 3.63. The normalized spacial score (nSPS) is 16.3. The molecule has 0 heteroatoms. The predicted molar refractivity (Wildman–Crippen MR) is 80.5 cm³/mol. The maximum atomic E-state index is 2.37. The molecule has 0 amide bonds. The van der Waals surface area contributed by atoms with Gasteiger partial charge in [-0.25, -0.2) is 0 Å². The highest BCUT2D eigenvalue weighted by Gasteiger charge is 2.11. The van der Waals surface area contributed by atoms with E-state index in [0.717, 1.165) is 6.42 Å². The molecular weight excluding hydrogens is 216 g/mol. The van der Waals surface area contributed by atoms with E-state index >= 15 is 0 Å². The number of rotatable bonds is 3. The fraction of sp³-hybridized carbons (Fsp3) is 0.333. The van der Waals surface area contributed by atoms with Crippen LogP contribution in [0.5, 0.6) is 0 Å². The molecule has 1 aromatic carbocycles. The van der Waals surface area contributed by atoms with E-state index in [-0.39, 0.29) is 0 Å². The smallest absolute Gasteiger partial charge is 0.0224 e. The van der Waals surface area contributed by atoms with E-state index in [9.17, 15) is 0 Å². The maximum absolute atomic E-state index is 2.37. The molecule has 1 aromatic rings. The molecule has 1 aliphatic rings. The summed E-state index contributed by atoms with van der Waals surface area (Å²) >= 11 is 0. The predicted octanol–water partition coefficient (Wildman–Crippen LogP) is 5.45. The monoisotopic (exact) mass is 238 g/mol. The third kappa shape index (κ3) is 2.81. The van der Waals surface area contributed by atoms with Crippen molar-refractivity contribution in [2.45, 2.75) is 40.0 Å². The van der Waals surface area contributed by atoms with Crippen LogP contribution in [0, 0.1) is 6.92 Å². The van der Waals surface area contributed by atoms with Crippen LogP contribution >= 0.6 is 0 Å². The Hall–Kier alpha value is -1.56. The minimum absolute atomic E-state index is 1.16. The van der Waals surface area contributed by atoms with Gasteiger partial charge in [0.2, 0.25) is 0 Å². The lowest BCUT2D eigenvalue weighted by Gasteiger charge is -2.18. The topological polar surface area (TPSA) is 0 Å². The van der Waals surface area contributed by atoms with Gasteiger partial charge in [0.15, 0.2) is 0 Å². The minimum atomic E-state index is 1.16. The molecule has 94 valence electrons. The van der Waals surface area contributed by atoms with E-state index in [1.54, 1.807) is 5.57 Å². The molecule has 0 fully saturated rings. The molecule has 0 aliphatic heterocycles. The summed E-state index contributed by atoms with van der Waals surface area (Å²) in [6, 6.07) is 8.88.